The fourth-order valence-corrected chi connectivity index (χ4v) is 2.19. The van der Waals surface area contributed by atoms with E-state index in [4.69, 9.17) is 0 Å². The minimum Gasteiger partial charge on any atom is -0.334 e. The number of nitrogens with one attached hydrogen (secondary N) is 2. The van der Waals surface area contributed by atoms with Crippen LogP contribution in [0, 0.1) is 6.92 Å². The van der Waals surface area contributed by atoms with E-state index in [1.165, 1.54) is 5.56 Å². The molecule has 0 spiro atoms. The molecule has 0 aliphatic carbocycles. The first kappa shape index (κ1) is 15.7. The van der Waals surface area contributed by atoms with E-state index >= 15 is 0 Å². The van der Waals surface area contributed by atoms with E-state index in [-0.39, 0.29) is 6.03 Å². The summed E-state index contributed by atoms with van der Waals surface area (Å²) in [6.45, 7) is 2.96. The van der Waals surface area contributed by atoms with E-state index in [1.54, 1.807) is 17.1 Å². The number of pyridine rings is 1. The van der Waals surface area contributed by atoms with Crippen LogP contribution in [-0.2, 0) is 13.1 Å². The number of urea groups is 1. The fourth-order valence-electron chi connectivity index (χ4n) is 2.19. The van der Waals surface area contributed by atoms with Crippen molar-refractivity contribution in [3.05, 3.63) is 77.7 Å². The molecule has 0 bridgehead atoms. The van der Waals surface area contributed by atoms with Gasteiger partial charge in [-0.3, -0.25) is 0 Å². The third-order valence-corrected chi connectivity index (χ3v) is 3.57. The summed E-state index contributed by atoms with van der Waals surface area (Å²) in [6, 6.07) is 13.5. The zero-order valence-electron chi connectivity index (χ0n) is 13.4. The number of rotatable bonds is 5. The number of nitrogens with zero attached hydrogens (tertiary/aromatic N) is 3. The van der Waals surface area contributed by atoms with Crippen molar-refractivity contribution in [3.8, 4) is 5.82 Å². The van der Waals surface area contributed by atoms with Gasteiger partial charge in [-0.2, -0.15) is 5.10 Å². The molecule has 0 unspecified atom stereocenters. The van der Waals surface area contributed by atoms with Crippen LogP contribution in [0.2, 0.25) is 0 Å². The van der Waals surface area contributed by atoms with E-state index in [0.29, 0.717) is 13.1 Å². The van der Waals surface area contributed by atoms with Gasteiger partial charge < -0.3 is 10.6 Å². The zero-order chi connectivity index (χ0) is 16.8. The maximum Gasteiger partial charge on any atom is 0.315 e. The molecule has 2 heterocycles. The SMILES string of the molecule is Cc1ccc(CNC(=O)NCc2ccc(-n3cccn3)nc2)cc1. The Labute approximate surface area is 140 Å². The average Bonchev–Trinajstić information content (AvgIpc) is 3.14. The van der Waals surface area contributed by atoms with Crippen molar-refractivity contribution in [3.63, 3.8) is 0 Å². The fraction of sp³-hybridized carbons (Fsp3) is 0.167. The second-order valence-electron chi connectivity index (χ2n) is 5.50. The second-order valence-corrected chi connectivity index (χ2v) is 5.50. The molecule has 2 amide bonds. The van der Waals surface area contributed by atoms with Crippen LogP contribution in [0.25, 0.3) is 5.82 Å². The molecule has 6 nitrogen and oxygen atoms in total. The van der Waals surface area contributed by atoms with E-state index in [9.17, 15) is 4.79 Å². The number of hydrogen-bond acceptors (Lipinski definition) is 3. The molecular weight excluding hydrogens is 302 g/mol. The van der Waals surface area contributed by atoms with Gasteiger partial charge in [-0.1, -0.05) is 35.9 Å². The third kappa shape index (κ3) is 4.19. The van der Waals surface area contributed by atoms with Crippen molar-refractivity contribution < 1.29 is 4.79 Å². The maximum absolute atomic E-state index is 11.9. The minimum absolute atomic E-state index is 0.202. The summed E-state index contributed by atoms with van der Waals surface area (Å²) in [5.74, 6) is 0.743. The lowest BCUT2D eigenvalue weighted by Crippen LogP contribution is -2.34. The Hall–Kier alpha value is -3.15. The van der Waals surface area contributed by atoms with E-state index < -0.39 is 0 Å². The lowest BCUT2D eigenvalue weighted by atomic mass is 10.1. The molecule has 0 aliphatic heterocycles. The highest BCUT2D eigenvalue weighted by Gasteiger charge is 2.02. The summed E-state index contributed by atoms with van der Waals surface area (Å²) in [7, 11) is 0. The monoisotopic (exact) mass is 321 g/mol. The molecule has 2 aromatic heterocycles. The van der Waals surface area contributed by atoms with Gasteiger partial charge in [-0.05, 0) is 30.2 Å². The molecule has 122 valence electrons. The van der Waals surface area contributed by atoms with Gasteiger partial charge in [0.05, 0.1) is 0 Å². The summed E-state index contributed by atoms with van der Waals surface area (Å²) in [6.07, 6.45) is 5.27. The first-order chi connectivity index (χ1) is 11.7. The molecule has 0 radical (unpaired) electrons. The lowest BCUT2D eigenvalue weighted by Gasteiger charge is -2.08. The Kier molecular flexibility index (Phi) is 4.86. The van der Waals surface area contributed by atoms with E-state index in [1.807, 2.05) is 55.6 Å². The van der Waals surface area contributed by atoms with E-state index in [0.717, 1.165) is 16.9 Å². The number of aromatic nitrogens is 3. The van der Waals surface area contributed by atoms with E-state index in [2.05, 4.69) is 20.7 Å². The summed E-state index contributed by atoms with van der Waals surface area (Å²) < 4.78 is 1.69. The molecule has 6 heteroatoms. The average molecular weight is 321 g/mol. The Bertz CT molecular complexity index is 779. The number of carbonyl (C=O) groups excluding carboxylic acids is 1. The predicted octanol–water partition coefficient (Wildman–Crippen LogP) is 2.58. The van der Waals surface area contributed by atoms with Crippen LogP contribution in [0.3, 0.4) is 0 Å². The Balaban J connectivity index is 1.46. The van der Waals surface area contributed by atoms with Crippen molar-refractivity contribution >= 4 is 6.03 Å². The Morgan fingerprint density at radius 3 is 2.38 bits per heavy atom. The molecular formula is C18H19N5O. The molecule has 1 aromatic carbocycles. The number of hydrogen-bond donors (Lipinski definition) is 2. The first-order valence-corrected chi connectivity index (χ1v) is 7.73. The molecule has 0 fully saturated rings. The molecule has 2 N–H and O–H groups in total. The topological polar surface area (TPSA) is 71.8 Å². The molecule has 3 aromatic rings. The van der Waals surface area contributed by atoms with Gasteiger partial charge >= 0.3 is 6.03 Å². The van der Waals surface area contributed by atoms with Crippen molar-refractivity contribution in [1.82, 2.24) is 25.4 Å². The molecule has 0 atom stereocenters. The normalized spacial score (nSPS) is 10.4. The van der Waals surface area contributed by atoms with Crippen molar-refractivity contribution in [2.75, 3.05) is 0 Å². The molecule has 24 heavy (non-hydrogen) atoms. The molecule has 0 aliphatic rings. The van der Waals surface area contributed by atoms with Gasteiger partial charge in [0.2, 0.25) is 0 Å². The molecule has 0 saturated carbocycles. The van der Waals surface area contributed by atoms with Crippen LogP contribution in [-0.4, -0.2) is 20.8 Å². The zero-order valence-corrected chi connectivity index (χ0v) is 13.4. The summed E-state index contributed by atoms with van der Waals surface area (Å²) in [5, 5.41) is 9.78. The van der Waals surface area contributed by atoms with Gasteiger partial charge in [0.15, 0.2) is 5.82 Å². The summed E-state index contributed by atoms with van der Waals surface area (Å²) in [4.78, 5) is 16.2. The van der Waals surface area contributed by atoms with Crippen LogP contribution in [0.1, 0.15) is 16.7 Å². The maximum atomic E-state index is 11.9. The van der Waals surface area contributed by atoms with Gasteiger partial charge in [-0.15, -0.1) is 0 Å². The Morgan fingerprint density at radius 2 is 1.75 bits per heavy atom. The van der Waals surface area contributed by atoms with Crippen LogP contribution in [0.5, 0.6) is 0 Å². The van der Waals surface area contributed by atoms with Crippen molar-refractivity contribution in [1.29, 1.82) is 0 Å². The Morgan fingerprint density at radius 1 is 1.04 bits per heavy atom. The van der Waals surface area contributed by atoms with Gasteiger partial charge in [0.1, 0.15) is 0 Å². The largest absolute Gasteiger partial charge is 0.334 e. The first-order valence-electron chi connectivity index (χ1n) is 7.73. The number of benzene rings is 1. The van der Waals surface area contributed by atoms with Crippen LogP contribution >= 0.6 is 0 Å². The quantitative estimate of drug-likeness (QED) is 0.758. The lowest BCUT2D eigenvalue weighted by molar-refractivity contribution is 0.240. The number of amides is 2. The standard InChI is InChI=1S/C18H19N5O/c1-14-3-5-15(6-4-14)11-20-18(24)21-13-16-7-8-17(19-12-16)23-10-2-9-22-23/h2-10,12H,11,13H2,1H3,(H2,20,21,24). The summed E-state index contributed by atoms with van der Waals surface area (Å²) >= 11 is 0. The number of aryl methyl sites for hydroxylation is 1. The van der Waals surface area contributed by atoms with Crippen LogP contribution in [0.4, 0.5) is 4.79 Å². The van der Waals surface area contributed by atoms with Gasteiger partial charge in [0, 0.05) is 31.7 Å². The second kappa shape index (κ2) is 7.41. The van der Waals surface area contributed by atoms with Gasteiger partial charge in [0.25, 0.3) is 0 Å². The highest BCUT2D eigenvalue weighted by Crippen LogP contribution is 2.05. The summed E-state index contributed by atoms with van der Waals surface area (Å²) in [5.41, 5.74) is 3.20. The minimum atomic E-state index is -0.202. The van der Waals surface area contributed by atoms with Crippen molar-refractivity contribution in [2.45, 2.75) is 20.0 Å². The predicted molar refractivity (Wildman–Crippen MR) is 91.6 cm³/mol. The van der Waals surface area contributed by atoms with Crippen molar-refractivity contribution in [2.24, 2.45) is 0 Å². The third-order valence-electron chi connectivity index (χ3n) is 3.57. The molecule has 3 rings (SSSR count). The van der Waals surface area contributed by atoms with Gasteiger partial charge in [-0.25, -0.2) is 14.5 Å². The van der Waals surface area contributed by atoms with Crippen LogP contribution in [0.15, 0.2) is 61.1 Å². The van der Waals surface area contributed by atoms with Crippen LogP contribution < -0.4 is 10.6 Å². The number of carbonyl (C=O) groups is 1. The smallest absolute Gasteiger partial charge is 0.315 e. The highest BCUT2D eigenvalue weighted by molar-refractivity contribution is 5.73. The molecule has 0 saturated heterocycles. The highest BCUT2D eigenvalue weighted by atomic mass is 16.2.